The lowest BCUT2D eigenvalue weighted by molar-refractivity contribution is -0.123. The Labute approximate surface area is 131 Å². The van der Waals surface area contributed by atoms with Crippen LogP contribution in [0.15, 0.2) is 36.5 Å². The van der Waals surface area contributed by atoms with Gasteiger partial charge in [-0.15, -0.1) is 0 Å². The lowest BCUT2D eigenvalue weighted by atomic mass is 10.2. The second-order valence-electron chi connectivity index (χ2n) is 5.51. The maximum Gasteiger partial charge on any atom is 0.222 e. The summed E-state index contributed by atoms with van der Waals surface area (Å²) in [6, 6.07) is 9.81. The van der Waals surface area contributed by atoms with Gasteiger partial charge in [-0.2, -0.15) is 0 Å². The van der Waals surface area contributed by atoms with E-state index in [1.54, 1.807) is 6.20 Å². The number of ether oxygens (including phenoxy) is 1. The van der Waals surface area contributed by atoms with E-state index in [0.717, 1.165) is 17.1 Å². The van der Waals surface area contributed by atoms with Gasteiger partial charge in [0.15, 0.2) is 0 Å². The fourth-order valence-corrected chi connectivity index (χ4v) is 2.09. The molecule has 0 aliphatic rings. The summed E-state index contributed by atoms with van der Waals surface area (Å²) in [5.74, 6) is 0.711. The highest BCUT2D eigenvalue weighted by atomic mass is 16.5. The fraction of sp³-hybridized carbons (Fsp3) is 0.412. The zero-order valence-electron chi connectivity index (χ0n) is 13.3. The van der Waals surface area contributed by atoms with Crippen LogP contribution in [0, 0.1) is 0 Å². The van der Waals surface area contributed by atoms with Gasteiger partial charge in [0, 0.05) is 6.42 Å². The Bertz CT molecular complexity index is 593. The first kappa shape index (κ1) is 16.2. The number of amides is 1. The van der Waals surface area contributed by atoms with Gasteiger partial charge in [-0.3, -0.25) is 4.79 Å². The van der Waals surface area contributed by atoms with Gasteiger partial charge < -0.3 is 15.0 Å². The van der Waals surface area contributed by atoms with Gasteiger partial charge in [0.05, 0.1) is 30.6 Å². The van der Waals surface area contributed by atoms with E-state index in [-0.39, 0.29) is 18.1 Å². The van der Waals surface area contributed by atoms with Crippen molar-refractivity contribution >= 4 is 5.91 Å². The van der Waals surface area contributed by atoms with Crippen molar-refractivity contribution in [3.63, 3.8) is 0 Å². The number of H-pyrrole nitrogens is 1. The maximum atomic E-state index is 11.9. The molecule has 2 aromatic rings. The number of carbonyl (C=O) groups is 1. The lowest BCUT2D eigenvalue weighted by Crippen LogP contribution is -2.28. The van der Waals surface area contributed by atoms with Gasteiger partial charge in [-0.05, 0) is 26.3 Å². The van der Waals surface area contributed by atoms with Crippen LogP contribution in [0.2, 0.25) is 0 Å². The van der Waals surface area contributed by atoms with Gasteiger partial charge >= 0.3 is 0 Å². The molecule has 118 valence electrons. The van der Waals surface area contributed by atoms with Crippen molar-refractivity contribution in [1.82, 2.24) is 15.3 Å². The minimum Gasteiger partial charge on any atom is -0.378 e. The number of nitrogens with one attached hydrogen (secondary N) is 2. The molecule has 2 N–H and O–H groups in total. The molecule has 0 saturated carbocycles. The number of aromatic amines is 1. The van der Waals surface area contributed by atoms with Crippen molar-refractivity contribution in [2.24, 2.45) is 0 Å². The fourth-order valence-electron chi connectivity index (χ4n) is 2.09. The smallest absolute Gasteiger partial charge is 0.222 e. The topological polar surface area (TPSA) is 67.0 Å². The summed E-state index contributed by atoms with van der Waals surface area (Å²) >= 11 is 0. The molecule has 5 heteroatoms. The van der Waals surface area contributed by atoms with E-state index in [0.29, 0.717) is 13.0 Å². The van der Waals surface area contributed by atoms with Gasteiger partial charge in [0.25, 0.3) is 0 Å². The van der Waals surface area contributed by atoms with E-state index in [4.69, 9.17) is 4.74 Å². The predicted octanol–water partition coefficient (Wildman–Crippen LogP) is 3.07. The predicted molar refractivity (Wildman–Crippen MR) is 86.3 cm³/mol. The average molecular weight is 301 g/mol. The van der Waals surface area contributed by atoms with Gasteiger partial charge in [-0.25, -0.2) is 4.98 Å². The number of hydrogen-bond acceptors (Lipinski definition) is 3. The second kappa shape index (κ2) is 7.75. The Morgan fingerprint density at radius 3 is 2.68 bits per heavy atom. The molecule has 1 atom stereocenters. The Kier molecular flexibility index (Phi) is 5.72. The van der Waals surface area contributed by atoms with E-state index in [9.17, 15) is 4.79 Å². The molecule has 0 saturated heterocycles. The SMILES string of the molecule is CC(C)OCCC(=O)N[C@H](C)c1ncc(-c2ccccc2)[nH]1. The molecule has 0 aliphatic carbocycles. The third kappa shape index (κ3) is 4.70. The van der Waals surface area contributed by atoms with Gasteiger partial charge in [0.1, 0.15) is 5.82 Å². The zero-order valence-corrected chi connectivity index (χ0v) is 13.3. The molecule has 5 nitrogen and oxygen atoms in total. The molecule has 22 heavy (non-hydrogen) atoms. The van der Waals surface area contributed by atoms with Crippen LogP contribution in [0.5, 0.6) is 0 Å². The van der Waals surface area contributed by atoms with E-state index < -0.39 is 0 Å². The molecular formula is C17H23N3O2. The first-order chi connectivity index (χ1) is 10.6. The number of carbonyl (C=O) groups excluding carboxylic acids is 1. The van der Waals surface area contributed by atoms with Crippen molar-refractivity contribution in [2.75, 3.05) is 6.61 Å². The van der Waals surface area contributed by atoms with Crippen LogP contribution < -0.4 is 5.32 Å². The second-order valence-corrected chi connectivity index (χ2v) is 5.51. The highest BCUT2D eigenvalue weighted by Crippen LogP contribution is 2.18. The number of rotatable bonds is 7. The van der Waals surface area contributed by atoms with Crippen molar-refractivity contribution < 1.29 is 9.53 Å². The van der Waals surface area contributed by atoms with E-state index in [1.165, 1.54) is 0 Å². The first-order valence-electron chi connectivity index (χ1n) is 7.57. The Hall–Kier alpha value is -2.14. The van der Waals surface area contributed by atoms with Crippen molar-refractivity contribution in [1.29, 1.82) is 0 Å². The molecule has 0 spiro atoms. The van der Waals surface area contributed by atoms with E-state index in [1.807, 2.05) is 51.1 Å². The van der Waals surface area contributed by atoms with Crippen LogP contribution in [-0.2, 0) is 9.53 Å². The third-order valence-electron chi connectivity index (χ3n) is 3.25. The molecular weight excluding hydrogens is 278 g/mol. The van der Waals surface area contributed by atoms with Crippen LogP contribution in [0.1, 0.15) is 39.1 Å². The molecule has 2 rings (SSSR count). The molecule has 0 bridgehead atoms. The first-order valence-corrected chi connectivity index (χ1v) is 7.57. The highest BCUT2D eigenvalue weighted by molar-refractivity contribution is 5.76. The van der Waals surface area contributed by atoms with Crippen LogP contribution in [0.4, 0.5) is 0 Å². The molecule has 0 unspecified atom stereocenters. The molecule has 0 radical (unpaired) electrons. The number of benzene rings is 1. The average Bonchev–Trinajstić information content (AvgIpc) is 2.97. The van der Waals surface area contributed by atoms with Crippen molar-refractivity contribution in [3.05, 3.63) is 42.4 Å². The summed E-state index contributed by atoms with van der Waals surface area (Å²) < 4.78 is 5.38. The summed E-state index contributed by atoms with van der Waals surface area (Å²) in [5, 5.41) is 2.92. The molecule has 1 aromatic carbocycles. The molecule has 0 fully saturated rings. The standard InChI is InChI=1S/C17H23N3O2/c1-12(2)22-10-9-16(21)19-13(3)17-18-11-15(20-17)14-7-5-4-6-8-14/h4-8,11-13H,9-10H2,1-3H3,(H,18,20)(H,19,21)/t13-/m1/s1. The quantitative estimate of drug-likeness (QED) is 0.826. The number of imidazole rings is 1. The van der Waals surface area contributed by atoms with Gasteiger partial charge in [-0.1, -0.05) is 30.3 Å². The van der Waals surface area contributed by atoms with Crippen molar-refractivity contribution in [3.8, 4) is 11.3 Å². The summed E-state index contributed by atoms with van der Waals surface area (Å²) in [5.41, 5.74) is 2.02. The summed E-state index contributed by atoms with van der Waals surface area (Å²) in [6.07, 6.45) is 2.29. The zero-order chi connectivity index (χ0) is 15.9. The third-order valence-corrected chi connectivity index (χ3v) is 3.25. The van der Waals surface area contributed by atoms with E-state index >= 15 is 0 Å². The molecule has 1 heterocycles. The molecule has 0 aliphatic heterocycles. The van der Waals surface area contributed by atoms with Crippen molar-refractivity contribution in [2.45, 2.75) is 39.3 Å². The largest absolute Gasteiger partial charge is 0.378 e. The minimum atomic E-state index is -0.163. The maximum absolute atomic E-state index is 11.9. The van der Waals surface area contributed by atoms with Crippen LogP contribution in [-0.4, -0.2) is 28.6 Å². The summed E-state index contributed by atoms with van der Waals surface area (Å²) in [4.78, 5) is 19.5. The van der Waals surface area contributed by atoms with Crippen LogP contribution in [0.25, 0.3) is 11.3 Å². The molecule has 1 aromatic heterocycles. The monoisotopic (exact) mass is 301 g/mol. The van der Waals surface area contributed by atoms with E-state index in [2.05, 4.69) is 15.3 Å². The van der Waals surface area contributed by atoms with Gasteiger partial charge in [0.2, 0.25) is 5.91 Å². The number of hydrogen-bond donors (Lipinski definition) is 2. The molecule has 1 amide bonds. The highest BCUT2D eigenvalue weighted by Gasteiger charge is 2.13. The lowest BCUT2D eigenvalue weighted by Gasteiger charge is -2.12. The minimum absolute atomic E-state index is 0.0363. The Balaban J connectivity index is 1.89. The summed E-state index contributed by atoms with van der Waals surface area (Å²) in [7, 11) is 0. The number of aromatic nitrogens is 2. The normalized spacial score (nSPS) is 12.4. The Morgan fingerprint density at radius 1 is 1.27 bits per heavy atom. The van der Waals surface area contributed by atoms with Crippen LogP contribution >= 0.6 is 0 Å². The summed E-state index contributed by atoms with van der Waals surface area (Å²) in [6.45, 7) is 6.25. The van der Waals surface area contributed by atoms with Crippen LogP contribution in [0.3, 0.4) is 0 Å². The Morgan fingerprint density at radius 2 is 2.00 bits per heavy atom. The number of nitrogens with zero attached hydrogens (tertiary/aromatic N) is 1.